The molecule has 0 saturated carbocycles. The fourth-order valence-corrected chi connectivity index (χ4v) is 3.22. The Bertz CT molecular complexity index is 500. The van der Waals surface area contributed by atoms with E-state index in [0.717, 1.165) is 26.3 Å². The van der Waals surface area contributed by atoms with Gasteiger partial charge < -0.3 is 4.74 Å². The second-order valence-corrected chi connectivity index (χ2v) is 5.74. The first kappa shape index (κ1) is 12.9. The first-order chi connectivity index (χ1) is 9.34. The molecule has 1 aromatic carbocycles. The van der Waals surface area contributed by atoms with Gasteiger partial charge in [-0.25, -0.2) is 0 Å². The Morgan fingerprint density at radius 2 is 1.79 bits per heavy atom. The summed E-state index contributed by atoms with van der Waals surface area (Å²) in [5, 5.41) is 4.32. The molecule has 0 radical (unpaired) electrons. The normalized spacial score (nSPS) is 18.4. The summed E-state index contributed by atoms with van der Waals surface area (Å²) in [7, 11) is 0. The van der Waals surface area contributed by atoms with Crippen LogP contribution < -0.4 is 0 Å². The predicted octanol–water partition coefficient (Wildman–Crippen LogP) is 3.81. The second-order valence-electron chi connectivity index (χ2n) is 4.96. The van der Waals surface area contributed by atoms with E-state index in [-0.39, 0.29) is 0 Å². The van der Waals surface area contributed by atoms with Crippen LogP contribution in [0.25, 0.3) is 11.1 Å². The van der Waals surface area contributed by atoms with E-state index in [4.69, 9.17) is 4.74 Å². The van der Waals surface area contributed by atoms with Crippen LogP contribution in [0.1, 0.15) is 18.5 Å². The quantitative estimate of drug-likeness (QED) is 0.843. The Balaban J connectivity index is 1.74. The van der Waals surface area contributed by atoms with Crippen LogP contribution in [-0.4, -0.2) is 31.2 Å². The Morgan fingerprint density at radius 1 is 1.05 bits per heavy atom. The van der Waals surface area contributed by atoms with Gasteiger partial charge in [-0.15, -0.1) is 0 Å². The number of nitrogens with zero attached hydrogens (tertiary/aromatic N) is 1. The van der Waals surface area contributed by atoms with Crippen molar-refractivity contribution in [2.45, 2.75) is 13.0 Å². The second kappa shape index (κ2) is 5.87. The average molecular weight is 273 g/mol. The van der Waals surface area contributed by atoms with Crippen LogP contribution in [0, 0.1) is 0 Å². The summed E-state index contributed by atoms with van der Waals surface area (Å²) in [6.45, 7) is 6.07. The van der Waals surface area contributed by atoms with Gasteiger partial charge in [0.25, 0.3) is 0 Å². The smallest absolute Gasteiger partial charge is 0.0594 e. The van der Waals surface area contributed by atoms with E-state index in [1.807, 2.05) is 0 Å². The molecule has 0 spiro atoms. The van der Waals surface area contributed by atoms with Crippen molar-refractivity contribution >= 4 is 11.3 Å². The van der Waals surface area contributed by atoms with Gasteiger partial charge in [-0.1, -0.05) is 24.3 Å². The van der Waals surface area contributed by atoms with Gasteiger partial charge >= 0.3 is 0 Å². The molecule has 2 aromatic rings. The molecule has 3 rings (SSSR count). The zero-order valence-corrected chi connectivity index (χ0v) is 12.0. The third-order valence-electron chi connectivity index (χ3n) is 3.84. The van der Waals surface area contributed by atoms with E-state index in [1.54, 1.807) is 11.3 Å². The van der Waals surface area contributed by atoms with Crippen LogP contribution in [0.5, 0.6) is 0 Å². The highest BCUT2D eigenvalue weighted by Gasteiger charge is 2.18. The van der Waals surface area contributed by atoms with Crippen molar-refractivity contribution in [3.8, 4) is 11.1 Å². The molecule has 1 aliphatic rings. The molecule has 1 fully saturated rings. The number of benzene rings is 1. The lowest BCUT2D eigenvalue weighted by molar-refractivity contribution is 0.0198. The van der Waals surface area contributed by atoms with Crippen molar-refractivity contribution < 1.29 is 4.74 Å². The Hall–Kier alpha value is -1.16. The molecule has 1 aliphatic heterocycles. The Kier molecular flexibility index (Phi) is 3.97. The summed E-state index contributed by atoms with van der Waals surface area (Å²) in [5.41, 5.74) is 4.01. The topological polar surface area (TPSA) is 12.5 Å². The van der Waals surface area contributed by atoms with Gasteiger partial charge in [-0.05, 0) is 40.4 Å². The standard InChI is InChI=1S/C16H19NOS/c1-13(17-7-9-18-10-8-17)14-2-4-15(5-3-14)16-6-11-19-12-16/h2-6,11-13H,7-10H2,1H3. The predicted molar refractivity (Wildman–Crippen MR) is 80.6 cm³/mol. The lowest BCUT2D eigenvalue weighted by atomic mass is 10.0. The number of morpholine rings is 1. The highest BCUT2D eigenvalue weighted by molar-refractivity contribution is 7.08. The molecule has 0 amide bonds. The van der Waals surface area contributed by atoms with Gasteiger partial charge in [-0.3, -0.25) is 4.90 Å². The summed E-state index contributed by atoms with van der Waals surface area (Å²) in [5.74, 6) is 0. The van der Waals surface area contributed by atoms with Crippen LogP contribution in [0.4, 0.5) is 0 Å². The van der Waals surface area contributed by atoms with Crippen LogP contribution in [-0.2, 0) is 4.74 Å². The lowest BCUT2D eigenvalue weighted by Crippen LogP contribution is -2.37. The number of hydrogen-bond acceptors (Lipinski definition) is 3. The first-order valence-electron chi connectivity index (χ1n) is 6.79. The summed E-state index contributed by atoms with van der Waals surface area (Å²) in [4.78, 5) is 2.49. The number of hydrogen-bond donors (Lipinski definition) is 0. The van der Waals surface area contributed by atoms with E-state index < -0.39 is 0 Å². The lowest BCUT2D eigenvalue weighted by Gasteiger charge is -2.32. The molecule has 3 heteroatoms. The van der Waals surface area contributed by atoms with Crippen molar-refractivity contribution in [2.75, 3.05) is 26.3 Å². The number of ether oxygens (including phenoxy) is 1. The summed E-state index contributed by atoms with van der Waals surface area (Å²) in [6.07, 6.45) is 0. The maximum Gasteiger partial charge on any atom is 0.0594 e. The van der Waals surface area contributed by atoms with Gasteiger partial charge in [0.15, 0.2) is 0 Å². The Morgan fingerprint density at radius 3 is 2.42 bits per heavy atom. The molecule has 19 heavy (non-hydrogen) atoms. The van der Waals surface area contributed by atoms with E-state index >= 15 is 0 Å². The minimum Gasteiger partial charge on any atom is -0.379 e. The number of thiophene rings is 1. The molecule has 0 aliphatic carbocycles. The molecule has 1 unspecified atom stereocenters. The summed E-state index contributed by atoms with van der Waals surface area (Å²) in [6, 6.07) is 11.6. The van der Waals surface area contributed by atoms with Gasteiger partial charge in [-0.2, -0.15) is 11.3 Å². The van der Waals surface area contributed by atoms with E-state index in [1.165, 1.54) is 16.7 Å². The van der Waals surface area contributed by atoms with Gasteiger partial charge in [0.1, 0.15) is 0 Å². The van der Waals surface area contributed by atoms with Crippen LogP contribution in [0.15, 0.2) is 41.1 Å². The first-order valence-corrected chi connectivity index (χ1v) is 7.73. The minimum atomic E-state index is 0.473. The average Bonchev–Trinajstić information content (AvgIpc) is 3.02. The fraction of sp³-hybridized carbons (Fsp3) is 0.375. The van der Waals surface area contributed by atoms with Crippen molar-refractivity contribution in [1.29, 1.82) is 0 Å². The maximum absolute atomic E-state index is 5.41. The van der Waals surface area contributed by atoms with Crippen molar-refractivity contribution in [1.82, 2.24) is 4.90 Å². The van der Waals surface area contributed by atoms with Crippen molar-refractivity contribution in [2.24, 2.45) is 0 Å². The van der Waals surface area contributed by atoms with Gasteiger partial charge in [0, 0.05) is 19.1 Å². The highest BCUT2D eigenvalue weighted by atomic mass is 32.1. The zero-order chi connectivity index (χ0) is 13.1. The number of rotatable bonds is 3. The molecular formula is C16H19NOS. The van der Waals surface area contributed by atoms with E-state index in [9.17, 15) is 0 Å². The van der Waals surface area contributed by atoms with E-state index in [2.05, 4.69) is 52.9 Å². The van der Waals surface area contributed by atoms with Crippen LogP contribution in [0.2, 0.25) is 0 Å². The van der Waals surface area contributed by atoms with Gasteiger partial charge in [0.2, 0.25) is 0 Å². The van der Waals surface area contributed by atoms with Gasteiger partial charge in [0.05, 0.1) is 13.2 Å². The van der Waals surface area contributed by atoms with Crippen LogP contribution in [0.3, 0.4) is 0 Å². The highest BCUT2D eigenvalue weighted by Crippen LogP contribution is 2.26. The summed E-state index contributed by atoms with van der Waals surface area (Å²) >= 11 is 1.75. The molecule has 2 heterocycles. The molecule has 0 N–H and O–H groups in total. The molecule has 1 atom stereocenters. The monoisotopic (exact) mass is 273 g/mol. The minimum absolute atomic E-state index is 0.473. The SMILES string of the molecule is CC(c1ccc(-c2ccsc2)cc1)N1CCOCC1. The van der Waals surface area contributed by atoms with Crippen molar-refractivity contribution in [3.63, 3.8) is 0 Å². The largest absolute Gasteiger partial charge is 0.379 e. The third-order valence-corrected chi connectivity index (χ3v) is 4.52. The summed E-state index contributed by atoms with van der Waals surface area (Å²) < 4.78 is 5.41. The Labute approximate surface area is 118 Å². The fourth-order valence-electron chi connectivity index (χ4n) is 2.56. The maximum atomic E-state index is 5.41. The van der Waals surface area contributed by atoms with Crippen molar-refractivity contribution in [3.05, 3.63) is 46.7 Å². The third kappa shape index (κ3) is 2.89. The molecule has 100 valence electrons. The molecular weight excluding hydrogens is 254 g/mol. The zero-order valence-electron chi connectivity index (χ0n) is 11.2. The van der Waals surface area contributed by atoms with Crippen LogP contribution >= 0.6 is 11.3 Å². The molecule has 2 nitrogen and oxygen atoms in total. The molecule has 1 aromatic heterocycles. The van der Waals surface area contributed by atoms with E-state index in [0.29, 0.717) is 6.04 Å². The molecule has 1 saturated heterocycles. The molecule has 0 bridgehead atoms.